The van der Waals surface area contributed by atoms with E-state index >= 15 is 0 Å². The zero-order valence-corrected chi connectivity index (χ0v) is 23.0. The fourth-order valence-corrected chi connectivity index (χ4v) is 4.46. The van der Waals surface area contributed by atoms with Gasteiger partial charge in [-0.3, -0.25) is 9.59 Å². The molecule has 4 aromatic carbocycles. The number of carbonyl (C=O) groups excluding carboxylic acids is 2. The second-order valence-corrected chi connectivity index (χ2v) is 10.6. The molecule has 0 saturated carbocycles. The number of benzene rings is 4. The van der Waals surface area contributed by atoms with Crippen LogP contribution in [0, 0.1) is 0 Å². The van der Waals surface area contributed by atoms with Gasteiger partial charge in [0.25, 0.3) is 5.91 Å². The van der Waals surface area contributed by atoms with E-state index in [2.05, 4.69) is 48.5 Å². The Bertz CT molecular complexity index is 1650. The topological polar surface area (TPSA) is 84.2 Å². The summed E-state index contributed by atoms with van der Waals surface area (Å²) in [6.45, 7) is 7.93. The lowest BCUT2D eigenvalue weighted by Gasteiger charge is -2.18. The smallest absolute Gasteiger partial charge is 0.278 e. The summed E-state index contributed by atoms with van der Waals surface area (Å²) in [5.41, 5.74) is 6.02. The average molecular weight is 530 g/mol. The van der Waals surface area contributed by atoms with Crippen molar-refractivity contribution in [2.45, 2.75) is 33.1 Å². The molecular formula is C34H31N3O3. The third-order valence-corrected chi connectivity index (χ3v) is 6.57. The highest BCUT2D eigenvalue weighted by atomic mass is 16.4. The SMILES string of the molecule is CC(=O)Nc1ccc(-c2oc(-c3ccc(C(C)(C)C)cc3)nc2C(=O)Nc2ccccc2-c2ccccc2)cc1. The minimum absolute atomic E-state index is 0.00707. The van der Waals surface area contributed by atoms with Crippen molar-refractivity contribution >= 4 is 23.2 Å². The van der Waals surface area contributed by atoms with Gasteiger partial charge in [-0.25, -0.2) is 4.98 Å². The van der Waals surface area contributed by atoms with Crippen molar-refractivity contribution in [3.63, 3.8) is 0 Å². The minimum Gasteiger partial charge on any atom is -0.435 e. The first-order chi connectivity index (χ1) is 19.2. The summed E-state index contributed by atoms with van der Waals surface area (Å²) in [6.07, 6.45) is 0. The van der Waals surface area contributed by atoms with Crippen LogP contribution in [0.25, 0.3) is 33.9 Å². The zero-order valence-electron chi connectivity index (χ0n) is 23.0. The van der Waals surface area contributed by atoms with Gasteiger partial charge in [0, 0.05) is 35.0 Å². The van der Waals surface area contributed by atoms with E-state index in [1.54, 1.807) is 24.3 Å². The maximum atomic E-state index is 13.7. The Balaban J connectivity index is 1.54. The Hall–Kier alpha value is -4.97. The standard InChI is InChI=1S/C34H31N3O3/c1-22(38)35-27-20-16-24(17-21-27)31-30(37-33(40-31)25-14-18-26(19-15-25)34(2,3)4)32(39)36-29-13-9-8-12-28(29)23-10-6-5-7-11-23/h5-21H,1-4H3,(H,35,38)(H,36,39). The van der Waals surface area contributed by atoms with Gasteiger partial charge in [-0.2, -0.15) is 0 Å². The molecule has 6 nitrogen and oxygen atoms in total. The Labute approximate surface area is 234 Å². The molecule has 1 aromatic heterocycles. The number of oxazole rings is 1. The molecule has 0 aliphatic heterocycles. The van der Waals surface area contributed by atoms with E-state index in [9.17, 15) is 9.59 Å². The molecule has 2 amide bonds. The maximum Gasteiger partial charge on any atom is 0.278 e. The molecule has 5 rings (SSSR count). The molecule has 6 heteroatoms. The Morgan fingerprint density at radius 2 is 1.32 bits per heavy atom. The van der Waals surface area contributed by atoms with Crippen molar-refractivity contribution in [2.75, 3.05) is 10.6 Å². The van der Waals surface area contributed by atoms with Gasteiger partial charge in [-0.05, 0) is 59.0 Å². The molecule has 0 saturated heterocycles. The van der Waals surface area contributed by atoms with Gasteiger partial charge in [0.2, 0.25) is 11.8 Å². The van der Waals surface area contributed by atoms with Crippen molar-refractivity contribution in [2.24, 2.45) is 0 Å². The summed E-state index contributed by atoms with van der Waals surface area (Å²) in [4.78, 5) is 29.9. The van der Waals surface area contributed by atoms with Gasteiger partial charge in [0.1, 0.15) is 0 Å². The van der Waals surface area contributed by atoms with Crippen molar-refractivity contribution in [1.29, 1.82) is 0 Å². The summed E-state index contributed by atoms with van der Waals surface area (Å²) >= 11 is 0. The number of hydrogen-bond donors (Lipinski definition) is 2. The highest BCUT2D eigenvalue weighted by Gasteiger charge is 2.24. The van der Waals surface area contributed by atoms with Crippen molar-refractivity contribution in [3.05, 3.63) is 114 Å². The van der Waals surface area contributed by atoms with E-state index in [0.29, 0.717) is 28.6 Å². The molecule has 0 spiro atoms. The summed E-state index contributed by atoms with van der Waals surface area (Å²) in [7, 11) is 0. The third kappa shape index (κ3) is 5.86. The van der Waals surface area contributed by atoms with Gasteiger partial charge >= 0.3 is 0 Å². The second-order valence-electron chi connectivity index (χ2n) is 10.6. The molecule has 0 fully saturated rings. The lowest BCUT2D eigenvalue weighted by molar-refractivity contribution is -0.114. The normalized spacial score (nSPS) is 11.2. The first-order valence-electron chi connectivity index (χ1n) is 13.1. The number of nitrogens with zero attached hydrogens (tertiary/aromatic N) is 1. The zero-order chi connectivity index (χ0) is 28.3. The molecule has 2 N–H and O–H groups in total. The molecule has 40 heavy (non-hydrogen) atoms. The first kappa shape index (κ1) is 26.6. The minimum atomic E-state index is -0.384. The number of aromatic nitrogens is 1. The van der Waals surface area contributed by atoms with Crippen LogP contribution in [0.3, 0.4) is 0 Å². The molecular weight excluding hydrogens is 498 g/mol. The van der Waals surface area contributed by atoms with Crippen LogP contribution >= 0.6 is 0 Å². The molecule has 0 aliphatic carbocycles. The average Bonchev–Trinajstić information content (AvgIpc) is 3.39. The number of hydrogen-bond acceptors (Lipinski definition) is 4. The number of amides is 2. The largest absolute Gasteiger partial charge is 0.435 e. The van der Waals surface area contributed by atoms with Gasteiger partial charge in [0.15, 0.2) is 11.5 Å². The highest BCUT2D eigenvalue weighted by molar-refractivity contribution is 6.08. The van der Waals surface area contributed by atoms with Crippen LogP contribution in [-0.2, 0) is 10.2 Å². The summed E-state index contributed by atoms with van der Waals surface area (Å²) < 4.78 is 6.25. The number of rotatable bonds is 6. The predicted octanol–water partition coefficient (Wildman–Crippen LogP) is 8.18. The monoisotopic (exact) mass is 529 g/mol. The number of para-hydroxylation sites is 1. The quantitative estimate of drug-likeness (QED) is 0.232. The molecule has 0 bridgehead atoms. The highest BCUT2D eigenvalue weighted by Crippen LogP contribution is 2.34. The van der Waals surface area contributed by atoms with E-state index in [0.717, 1.165) is 16.7 Å². The van der Waals surface area contributed by atoms with E-state index in [-0.39, 0.29) is 22.9 Å². The third-order valence-electron chi connectivity index (χ3n) is 6.57. The first-order valence-corrected chi connectivity index (χ1v) is 13.1. The predicted molar refractivity (Wildman–Crippen MR) is 160 cm³/mol. The molecule has 0 aliphatic rings. The van der Waals surface area contributed by atoms with Crippen LogP contribution in [0.2, 0.25) is 0 Å². The van der Waals surface area contributed by atoms with Crippen LogP contribution in [0.4, 0.5) is 11.4 Å². The maximum absolute atomic E-state index is 13.7. The van der Waals surface area contributed by atoms with Gasteiger partial charge in [-0.15, -0.1) is 0 Å². The lowest BCUT2D eigenvalue weighted by Crippen LogP contribution is -2.14. The van der Waals surface area contributed by atoms with Gasteiger partial charge < -0.3 is 15.1 Å². The molecule has 0 unspecified atom stereocenters. The number of nitrogens with one attached hydrogen (secondary N) is 2. The van der Waals surface area contributed by atoms with Crippen LogP contribution in [0.5, 0.6) is 0 Å². The van der Waals surface area contributed by atoms with E-state index in [1.165, 1.54) is 12.5 Å². The fraction of sp³-hybridized carbons (Fsp3) is 0.147. The van der Waals surface area contributed by atoms with Gasteiger partial charge in [0.05, 0.1) is 0 Å². The van der Waals surface area contributed by atoms with Crippen LogP contribution in [0.15, 0.2) is 108 Å². The summed E-state index contributed by atoms with van der Waals surface area (Å²) in [5, 5.41) is 5.81. The molecule has 1 heterocycles. The molecule has 0 atom stereocenters. The van der Waals surface area contributed by atoms with Crippen molar-refractivity contribution in [1.82, 2.24) is 4.98 Å². The fourth-order valence-electron chi connectivity index (χ4n) is 4.46. The van der Waals surface area contributed by atoms with E-state index in [1.807, 2.05) is 66.7 Å². The van der Waals surface area contributed by atoms with Crippen LogP contribution < -0.4 is 10.6 Å². The van der Waals surface area contributed by atoms with Crippen LogP contribution in [-0.4, -0.2) is 16.8 Å². The number of carbonyl (C=O) groups is 2. The van der Waals surface area contributed by atoms with E-state index < -0.39 is 0 Å². The van der Waals surface area contributed by atoms with Crippen LogP contribution in [0.1, 0.15) is 43.7 Å². The Kier molecular flexibility index (Phi) is 7.34. The number of anilines is 2. The van der Waals surface area contributed by atoms with E-state index in [4.69, 9.17) is 4.42 Å². The Morgan fingerprint density at radius 3 is 1.98 bits per heavy atom. The lowest BCUT2D eigenvalue weighted by atomic mass is 9.87. The Morgan fingerprint density at radius 1 is 0.700 bits per heavy atom. The van der Waals surface area contributed by atoms with Crippen molar-refractivity contribution in [3.8, 4) is 33.9 Å². The summed E-state index contributed by atoms with van der Waals surface area (Å²) in [5.74, 6) is 0.151. The molecule has 200 valence electrons. The second kappa shape index (κ2) is 11.0. The summed E-state index contributed by atoms with van der Waals surface area (Å²) in [6, 6.07) is 32.7. The van der Waals surface area contributed by atoms with Crippen molar-refractivity contribution < 1.29 is 14.0 Å². The molecule has 5 aromatic rings. The molecule has 0 radical (unpaired) electrons. The van der Waals surface area contributed by atoms with Gasteiger partial charge in [-0.1, -0.05) is 81.4 Å².